The van der Waals surface area contributed by atoms with Crippen molar-refractivity contribution in [2.75, 3.05) is 18.3 Å². The number of carbonyl (C=O) groups excluding carboxylic acids is 1. The fourth-order valence-electron chi connectivity index (χ4n) is 3.48. The first kappa shape index (κ1) is 18.2. The van der Waals surface area contributed by atoms with Crippen LogP contribution in [0, 0.1) is 0 Å². The number of anilines is 1. The van der Waals surface area contributed by atoms with Crippen LogP contribution in [0.5, 0.6) is 5.75 Å². The van der Waals surface area contributed by atoms with Crippen molar-refractivity contribution in [3.63, 3.8) is 0 Å². The third kappa shape index (κ3) is 2.86. The van der Waals surface area contributed by atoms with Gasteiger partial charge in [-0.15, -0.1) is 0 Å². The molecule has 0 radical (unpaired) electrons. The Labute approximate surface area is 166 Å². The standard InChI is InChI=1S/C20H18N4O3S/c1-12(25)23-16-7-5-4-6-15(16)17-18(26)21-20(28-3)22-24(17)19(23)13-8-10-14(27-2)11-9-13/h4-11,19H,1-3H3/p+1/t19-/m0/s1. The maximum absolute atomic E-state index is 12.9. The Hall–Kier alpha value is -3.13. The quantitative estimate of drug-likeness (QED) is 0.544. The molecule has 1 aliphatic heterocycles. The van der Waals surface area contributed by atoms with E-state index in [-0.39, 0.29) is 11.5 Å². The highest BCUT2D eigenvalue weighted by molar-refractivity contribution is 7.98. The molecule has 0 fully saturated rings. The number of rotatable bonds is 3. The average Bonchev–Trinajstić information content (AvgIpc) is 2.72. The topological polar surface area (TPSA) is 79.2 Å². The molecule has 1 atom stereocenters. The van der Waals surface area contributed by atoms with Crippen molar-refractivity contribution in [1.29, 1.82) is 0 Å². The highest BCUT2D eigenvalue weighted by Gasteiger charge is 2.44. The molecule has 0 aliphatic carbocycles. The van der Waals surface area contributed by atoms with Crippen LogP contribution in [0.3, 0.4) is 0 Å². The molecule has 28 heavy (non-hydrogen) atoms. The number of benzene rings is 2. The number of thioether (sulfide) groups is 1. The molecule has 0 bridgehead atoms. The first-order valence-electron chi connectivity index (χ1n) is 8.68. The van der Waals surface area contributed by atoms with E-state index in [1.807, 2.05) is 54.8 Å². The van der Waals surface area contributed by atoms with Gasteiger partial charge >= 0.3 is 11.3 Å². The predicted octanol–water partition coefficient (Wildman–Crippen LogP) is 2.37. The summed E-state index contributed by atoms with van der Waals surface area (Å²) in [5.74, 6) is 0.572. The number of methoxy groups -OCH3 is 1. The van der Waals surface area contributed by atoms with Crippen LogP contribution < -0.4 is 19.9 Å². The van der Waals surface area contributed by atoms with Gasteiger partial charge in [0.25, 0.3) is 6.17 Å². The number of amides is 1. The Morgan fingerprint density at radius 3 is 2.57 bits per heavy atom. The van der Waals surface area contributed by atoms with Crippen molar-refractivity contribution in [1.82, 2.24) is 10.1 Å². The number of hydrogen-bond acceptors (Lipinski definition) is 5. The monoisotopic (exact) mass is 395 g/mol. The van der Waals surface area contributed by atoms with Crippen LogP contribution in [-0.4, -0.2) is 29.4 Å². The Balaban J connectivity index is 2.05. The second kappa shape index (κ2) is 7.12. The number of carbonyl (C=O) groups is 1. The Kier molecular flexibility index (Phi) is 4.64. The summed E-state index contributed by atoms with van der Waals surface area (Å²) in [6, 6.07) is 14.8. The lowest BCUT2D eigenvalue weighted by molar-refractivity contribution is -0.763. The number of hydrogen-bond donors (Lipinski definition) is 1. The summed E-state index contributed by atoms with van der Waals surface area (Å²) in [5, 5.41) is 5.11. The molecule has 0 unspecified atom stereocenters. The molecule has 2 heterocycles. The first-order chi connectivity index (χ1) is 13.5. The SMILES string of the molecule is COc1ccc([C@H]2N(C(C)=O)c3ccccc3-c3c(=O)[nH]c(SC)n[n+]32)cc1. The van der Waals surface area contributed by atoms with Gasteiger partial charge in [0.15, 0.2) is 0 Å². The zero-order chi connectivity index (χ0) is 19.8. The van der Waals surface area contributed by atoms with Crippen LogP contribution >= 0.6 is 11.8 Å². The molecule has 7 nitrogen and oxygen atoms in total. The summed E-state index contributed by atoms with van der Waals surface area (Å²) < 4.78 is 6.89. The van der Waals surface area contributed by atoms with E-state index in [9.17, 15) is 9.59 Å². The van der Waals surface area contributed by atoms with Gasteiger partial charge in [-0.3, -0.25) is 14.6 Å². The van der Waals surface area contributed by atoms with Crippen LogP contribution in [0.1, 0.15) is 18.7 Å². The van der Waals surface area contributed by atoms with Gasteiger partial charge in [-0.2, -0.15) is 0 Å². The normalized spacial score (nSPS) is 15.0. The molecule has 1 N–H and O–H groups in total. The third-order valence-electron chi connectivity index (χ3n) is 4.70. The molecule has 0 spiro atoms. The fourth-order valence-corrected chi connectivity index (χ4v) is 3.85. The maximum Gasteiger partial charge on any atom is 0.325 e. The van der Waals surface area contributed by atoms with Gasteiger partial charge < -0.3 is 4.74 Å². The molecule has 1 aliphatic rings. The number of nitrogens with one attached hydrogen (secondary N) is 1. The largest absolute Gasteiger partial charge is 0.497 e. The minimum atomic E-state index is -0.582. The summed E-state index contributed by atoms with van der Waals surface area (Å²) in [6.07, 6.45) is 1.26. The summed E-state index contributed by atoms with van der Waals surface area (Å²) >= 11 is 1.34. The Morgan fingerprint density at radius 2 is 1.93 bits per heavy atom. The Bertz CT molecular complexity index is 1110. The van der Waals surface area contributed by atoms with Crippen molar-refractivity contribution < 1.29 is 14.2 Å². The van der Waals surface area contributed by atoms with Gasteiger partial charge in [-0.1, -0.05) is 23.9 Å². The summed E-state index contributed by atoms with van der Waals surface area (Å²) in [7, 11) is 1.60. The molecule has 0 saturated heterocycles. The lowest BCUT2D eigenvalue weighted by atomic mass is 10.0. The second-order valence-corrected chi connectivity index (χ2v) is 7.10. The highest BCUT2D eigenvalue weighted by Crippen LogP contribution is 2.37. The van der Waals surface area contributed by atoms with Gasteiger partial charge in [0, 0.05) is 17.6 Å². The minimum Gasteiger partial charge on any atom is -0.497 e. The zero-order valence-corrected chi connectivity index (χ0v) is 16.5. The number of nitrogens with zero attached hydrogens (tertiary/aromatic N) is 3. The van der Waals surface area contributed by atoms with Crippen LogP contribution in [0.15, 0.2) is 58.5 Å². The lowest BCUT2D eigenvalue weighted by Crippen LogP contribution is -2.60. The number of aromatic nitrogens is 3. The van der Waals surface area contributed by atoms with Crippen molar-refractivity contribution in [3.05, 3.63) is 64.4 Å². The van der Waals surface area contributed by atoms with Gasteiger partial charge in [0.05, 0.1) is 18.4 Å². The molecule has 3 aromatic rings. The number of aromatic amines is 1. The van der Waals surface area contributed by atoms with E-state index >= 15 is 0 Å². The van der Waals surface area contributed by atoms with Crippen molar-refractivity contribution in [3.8, 4) is 17.0 Å². The minimum absolute atomic E-state index is 0.140. The molecule has 8 heteroatoms. The molecule has 142 valence electrons. The van der Waals surface area contributed by atoms with E-state index in [0.717, 1.165) is 5.56 Å². The number of para-hydroxylation sites is 1. The van der Waals surface area contributed by atoms with E-state index in [1.54, 1.807) is 16.7 Å². The second-order valence-electron chi connectivity index (χ2n) is 6.31. The number of ether oxygens (including phenoxy) is 1. The molecule has 1 aromatic heterocycles. The molecule has 1 amide bonds. The van der Waals surface area contributed by atoms with E-state index < -0.39 is 6.17 Å². The molecular weight excluding hydrogens is 376 g/mol. The third-order valence-corrected chi connectivity index (χ3v) is 5.28. The van der Waals surface area contributed by atoms with Crippen LogP contribution in [0.25, 0.3) is 11.3 Å². The first-order valence-corrected chi connectivity index (χ1v) is 9.91. The van der Waals surface area contributed by atoms with E-state index in [4.69, 9.17) is 4.74 Å². The summed E-state index contributed by atoms with van der Waals surface area (Å²) in [4.78, 5) is 30.1. The smallest absolute Gasteiger partial charge is 0.325 e. The van der Waals surface area contributed by atoms with Gasteiger partial charge in [0.1, 0.15) is 5.75 Å². The van der Waals surface area contributed by atoms with Gasteiger partial charge in [-0.05, 0) is 47.3 Å². The molecular formula is C20H19N4O3S+. The average molecular weight is 395 g/mol. The van der Waals surface area contributed by atoms with E-state index in [0.29, 0.717) is 27.9 Å². The van der Waals surface area contributed by atoms with Gasteiger partial charge in [0.2, 0.25) is 11.1 Å². The molecule has 2 aromatic carbocycles. The summed E-state index contributed by atoms with van der Waals surface area (Å²) in [6.45, 7) is 1.52. The van der Waals surface area contributed by atoms with E-state index in [2.05, 4.69) is 10.1 Å². The number of H-pyrrole nitrogens is 1. The van der Waals surface area contributed by atoms with Crippen LogP contribution in [-0.2, 0) is 4.79 Å². The lowest BCUT2D eigenvalue weighted by Gasteiger charge is -2.31. The van der Waals surface area contributed by atoms with Gasteiger partial charge in [-0.25, -0.2) is 4.90 Å². The van der Waals surface area contributed by atoms with Crippen molar-refractivity contribution in [2.24, 2.45) is 0 Å². The molecule has 4 rings (SSSR count). The van der Waals surface area contributed by atoms with Crippen LogP contribution in [0.2, 0.25) is 0 Å². The zero-order valence-electron chi connectivity index (χ0n) is 15.7. The molecule has 0 saturated carbocycles. The summed E-state index contributed by atoms with van der Waals surface area (Å²) in [5.41, 5.74) is 2.35. The van der Waals surface area contributed by atoms with E-state index in [1.165, 1.54) is 18.7 Å². The maximum atomic E-state index is 12.9. The Morgan fingerprint density at radius 1 is 1.21 bits per heavy atom. The predicted molar refractivity (Wildman–Crippen MR) is 107 cm³/mol. The van der Waals surface area contributed by atoms with Crippen LogP contribution in [0.4, 0.5) is 5.69 Å². The number of fused-ring (bicyclic) bond motifs is 3. The van der Waals surface area contributed by atoms with Crippen molar-refractivity contribution in [2.45, 2.75) is 18.2 Å². The highest BCUT2D eigenvalue weighted by atomic mass is 32.2. The van der Waals surface area contributed by atoms with Crippen molar-refractivity contribution >= 4 is 23.4 Å². The fraction of sp³-hybridized carbons (Fsp3) is 0.200.